The Hall–Kier alpha value is -0.616. The SMILES string of the molecule is Cl.Cl.c1ccc([O][Ti][c]2nnn[nH]2)cc1. The van der Waals surface area contributed by atoms with Gasteiger partial charge in [0.05, 0.1) is 0 Å². The summed E-state index contributed by atoms with van der Waals surface area (Å²) in [5, 5.41) is 13.3. The molecular formula is C7H8Cl2N4OTi. The minimum atomic E-state index is -0.737. The number of hydrogen-bond acceptors (Lipinski definition) is 4. The monoisotopic (exact) mass is 282 g/mol. The first kappa shape index (κ1) is 14.4. The fourth-order valence-electron chi connectivity index (χ4n) is 0.798. The number of H-pyrrole nitrogens is 1. The Morgan fingerprint density at radius 3 is 2.47 bits per heavy atom. The van der Waals surface area contributed by atoms with Crippen molar-refractivity contribution in [1.82, 2.24) is 20.6 Å². The number of aromatic amines is 1. The average Bonchev–Trinajstić information content (AvgIpc) is 2.69. The van der Waals surface area contributed by atoms with Gasteiger partial charge in [-0.2, -0.15) is 0 Å². The van der Waals surface area contributed by atoms with E-state index in [-0.39, 0.29) is 24.8 Å². The van der Waals surface area contributed by atoms with E-state index in [2.05, 4.69) is 20.6 Å². The number of benzene rings is 1. The number of aromatic nitrogens is 4. The van der Waals surface area contributed by atoms with Gasteiger partial charge in [-0.25, -0.2) is 0 Å². The summed E-state index contributed by atoms with van der Waals surface area (Å²) >= 11 is -0.737. The number of rotatable bonds is 3. The van der Waals surface area contributed by atoms with Crippen LogP contribution in [-0.4, -0.2) is 20.6 Å². The summed E-state index contributed by atoms with van der Waals surface area (Å²) in [6.07, 6.45) is 0. The van der Waals surface area contributed by atoms with E-state index in [0.717, 1.165) is 9.88 Å². The molecule has 2 rings (SSSR count). The maximum absolute atomic E-state index is 5.50. The van der Waals surface area contributed by atoms with Crippen LogP contribution in [0.4, 0.5) is 0 Å². The first-order chi connectivity index (χ1) is 6.45. The minimum absolute atomic E-state index is 0. The molecule has 1 N–H and O–H groups in total. The molecule has 0 fully saturated rings. The van der Waals surface area contributed by atoms with E-state index in [9.17, 15) is 0 Å². The molecule has 0 spiro atoms. The molecule has 0 aliphatic heterocycles. The molecule has 0 radical (unpaired) electrons. The standard InChI is InChI=1S/C6H6O.CHN4.2ClH.Ti/c7-6-4-2-1-3-5-6;1-2-4-5-3-1;;;/h1-5,7H;(H,2,3,4,5);2*1H;/q;;;;+1/p-1. The van der Waals surface area contributed by atoms with Crippen LogP contribution in [0.3, 0.4) is 0 Å². The number of hydrogen-bond donors (Lipinski definition) is 1. The van der Waals surface area contributed by atoms with Gasteiger partial charge < -0.3 is 0 Å². The molecule has 0 aliphatic carbocycles. The second-order valence-electron chi connectivity index (χ2n) is 2.27. The van der Waals surface area contributed by atoms with Gasteiger partial charge in [0.2, 0.25) is 0 Å². The van der Waals surface area contributed by atoms with Crippen LogP contribution >= 0.6 is 24.8 Å². The Kier molecular flexibility index (Phi) is 7.33. The van der Waals surface area contributed by atoms with Crippen LogP contribution in [0, 0.1) is 0 Å². The third kappa shape index (κ3) is 4.62. The molecule has 1 aromatic carbocycles. The molecule has 0 saturated heterocycles. The van der Waals surface area contributed by atoms with Crippen molar-refractivity contribution in [2.75, 3.05) is 0 Å². The fraction of sp³-hybridized carbons (Fsp3) is 0. The fourth-order valence-corrected chi connectivity index (χ4v) is 1.63. The van der Waals surface area contributed by atoms with E-state index in [4.69, 9.17) is 3.32 Å². The summed E-state index contributed by atoms with van der Waals surface area (Å²) < 4.78 is 6.24. The van der Waals surface area contributed by atoms with E-state index in [1.54, 1.807) is 0 Å². The summed E-state index contributed by atoms with van der Waals surface area (Å²) in [4.78, 5) is 0. The van der Waals surface area contributed by atoms with Gasteiger partial charge in [0.1, 0.15) is 0 Å². The Bertz CT molecular complexity index is 358. The first-order valence-electron chi connectivity index (χ1n) is 3.67. The zero-order valence-corrected chi connectivity index (χ0v) is 10.6. The van der Waals surface area contributed by atoms with Gasteiger partial charge in [0.25, 0.3) is 0 Å². The van der Waals surface area contributed by atoms with Gasteiger partial charge >= 0.3 is 83.7 Å². The summed E-state index contributed by atoms with van der Waals surface area (Å²) in [6.45, 7) is 0. The number of nitrogens with zero attached hydrogens (tertiary/aromatic N) is 3. The van der Waals surface area contributed by atoms with Gasteiger partial charge in [0, 0.05) is 0 Å². The Balaban J connectivity index is 0.000000980. The van der Waals surface area contributed by atoms with Gasteiger partial charge in [-0.3, -0.25) is 0 Å². The van der Waals surface area contributed by atoms with E-state index >= 15 is 0 Å². The van der Waals surface area contributed by atoms with Crippen molar-refractivity contribution in [3.63, 3.8) is 0 Å². The molecular weight excluding hydrogens is 275 g/mol. The van der Waals surface area contributed by atoms with Crippen molar-refractivity contribution in [2.24, 2.45) is 0 Å². The van der Waals surface area contributed by atoms with Crippen molar-refractivity contribution in [3.8, 4) is 5.75 Å². The van der Waals surface area contributed by atoms with Crippen molar-refractivity contribution in [1.29, 1.82) is 0 Å². The predicted molar refractivity (Wildman–Crippen MR) is 55.4 cm³/mol. The number of nitrogens with one attached hydrogen (secondary N) is 1. The van der Waals surface area contributed by atoms with Crippen molar-refractivity contribution in [3.05, 3.63) is 30.3 Å². The topological polar surface area (TPSA) is 63.7 Å². The molecule has 80 valence electrons. The van der Waals surface area contributed by atoms with Crippen molar-refractivity contribution >= 4 is 28.9 Å². The third-order valence-electron chi connectivity index (χ3n) is 1.35. The molecule has 8 heteroatoms. The second kappa shape index (κ2) is 7.65. The second-order valence-corrected chi connectivity index (χ2v) is 3.64. The Morgan fingerprint density at radius 2 is 1.87 bits per heavy atom. The third-order valence-corrected chi connectivity index (χ3v) is 2.51. The van der Waals surface area contributed by atoms with Crippen LogP contribution in [0.1, 0.15) is 0 Å². The summed E-state index contributed by atoms with van der Waals surface area (Å²) in [5.74, 6) is 0.860. The summed E-state index contributed by atoms with van der Waals surface area (Å²) in [7, 11) is 0. The van der Waals surface area contributed by atoms with Gasteiger partial charge in [-0.1, -0.05) is 0 Å². The molecule has 0 bridgehead atoms. The molecule has 5 nitrogen and oxygen atoms in total. The first-order valence-corrected chi connectivity index (χ1v) is 5.08. The van der Waals surface area contributed by atoms with Crippen LogP contribution in [0.5, 0.6) is 5.75 Å². The van der Waals surface area contributed by atoms with Gasteiger partial charge in [0.15, 0.2) is 0 Å². The summed E-state index contributed by atoms with van der Waals surface area (Å²) in [5.41, 5.74) is 0. The molecule has 0 unspecified atom stereocenters. The van der Waals surface area contributed by atoms with Crippen molar-refractivity contribution < 1.29 is 22.9 Å². The van der Waals surface area contributed by atoms with Gasteiger partial charge in [-0.15, -0.1) is 24.8 Å². The van der Waals surface area contributed by atoms with Crippen LogP contribution in [0.15, 0.2) is 30.3 Å². The zero-order chi connectivity index (χ0) is 8.93. The average molecular weight is 283 g/mol. The predicted octanol–water partition coefficient (Wildman–Crippen LogP) is 0.745. The molecule has 1 aromatic heterocycles. The molecule has 0 aliphatic rings. The molecule has 0 amide bonds. The van der Waals surface area contributed by atoms with E-state index in [0.29, 0.717) is 0 Å². The van der Waals surface area contributed by atoms with Crippen molar-refractivity contribution in [2.45, 2.75) is 0 Å². The molecule has 0 atom stereocenters. The van der Waals surface area contributed by atoms with Crippen LogP contribution < -0.4 is 7.45 Å². The number of para-hydroxylation sites is 1. The number of tetrazole rings is 1. The quantitative estimate of drug-likeness (QED) is 0.844. The Morgan fingerprint density at radius 1 is 1.13 bits per heavy atom. The van der Waals surface area contributed by atoms with Gasteiger partial charge in [-0.05, 0) is 0 Å². The Labute approximate surface area is 108 Å². The molecule has 2 aromatic rings. The summed E-state index contributed by atoms with van der Waals surface area (Å²) in [6, 6.07) is 9.63. The molecule has 15 heavy (non-hydrogen) atoms. The van der Waals surface area contributed by atoms with Crippen LogP contribution in [0.2, 0.25) is 0 Å². The molecule has 0 saturated carbocycles. The van der Waals surface area contributed by atoms with E-state index in [1.165, 1.54) is 0 Å². The van der Waals surface area contributed by atoms with E-state index < -0.39 is 19.5 Å². The van der Waals surface area contributed by atoms with E-state index in [1.807, 2.05) is 30.3 Å². The normalized spacial score (nSPS) is 8.27. The van der Waals surface area contributed by atoms with Crippen LogP contribution in [0.25, 0.3) is 0 Å². The van der Waals surface area contributed by atoms with Crippen LogP contribution in [-0.2, 0) is 19.5 Å². The zero-order valence-electron chi connectivity index (χ0n) is 7.45. The number of halogens is 2. The molecule has 1 heterocycles. The maximum atomic E-state index is 5.50.